The second-order valence-corrected chi connectivity index (χ2v) is 7.51. The molecule has 30 heavy (non-hydrogen) atoms. The predicted octanol–water partition coefficient (Wildman–Crippen LogP) is 5.42. The molecule has 1 N–H and O–H groups in total. The van der Waals surface area contributed by atoms with Crippen LogP contribution in [0.2, 0.25) is 0 Å². The highest BCUT2D eigenvalue weighted by molar-refractivity contribution is 6.07. The minimum Gasteiger partial charge on any atom is -0.446 e. The smallest absolute Gasteiger partial charge is 0.228 e. The van der Waals surface area contributed by atoms with Crippen LogP contribution in [0.4, 0.5) is 11.4 Å². The Balaban J connectivity index is 1.50. The normalized spacial score (nSPS) is 12.1. The van der Waals surface area contributed by atoms with Crippen LogP contribution in [0.1, 0.15) is 18.9 Å². The van der Waals surface area contributed by atoms with Gasteiger partial charge in [0.1, 0.15) is 6.61 Å². The summed E-state index contributed by atoms with van der Waals surface area (Å²) in [6.07, 6.45) is 2.62. The van der Waals surface area contributed by atoms with E-state index in [2.05, 4.69) is 40.5 Å². The highest BCUT2D eigenvalue weighted by Gasteiger charge is 2.11. The Morgan fingerprint density at radius 3 is 2.67 bits per heavy atom. The van der Waals surface area contributed by atoms with Crippen molar-refractivity contribution in [1.29, 1.82) is 0 Å². The van der Waals surface area contributed by atoms with E-state index in [0.717, 1.165) is 51.9 Å². The molecule has 0 amide bonds. The van der Waals surface area contributed by atoms with E-state index in [1.165, 1.54) is 0 Å². The maximum Gasteiger partial charge on any atom is 0.228 e. The van der Waals surface area contributed by atoms with Crippen LogP contribution in [0.15, 0.2) is 70.4 Å². The molecular weight excluding hydrogens is 376 g/mol. The van der Waals surface area contributed by atoms with Crippen molar-refractivity contribution in [3.63, 3.8) is 0 Å². The van der Waals surface area contributed by atoms with Crippen molar-refractivity contribution in [2.24, 2.45) is 5.16 Å². The molecule has 0 radical (unpaired) electrons. The van der Waals surface area contributed by atoms with Crippen molar-refractivity contribution in [1.82, 2.24) is 9.88 Å². The lowest BCUT2D eigenvalue weighted by molar-refractivity contribution is 0.135. The van der Waals surface area contributed by atoms with Gasteiger partial charge in [-0.05, 0) is 57.3 Å². The van der Waals surface area contributed by atoms with Crippen molar-refractivity contribution in [2.45, 2.75) is 13.3 Å². The first-order valence-electron chi connectivity index (χ1n) is 10.1. The van der Waals surface area contributed by atoms with Gasteiger partial charge in [0.25, 0.3) is 0 Å². The molecule has 154 valence electrons. The number of oxime groups is 1. The van der Waals surface area contributed by atoms with Gasteiger partial charge in [0.2, 0.25) is 5.71 Å². The summed E-state index contributed by atoms with van der Waals surface area (Å²) in [5.41, 5.74) is 5.39. The standard InChI is InChI=1S/C24H26N4O2/c1-17(27-30-15-6-14-28(2)3)18-9-11-19(12-10-18)25-23-20-7-4-5-8-22(20)26-24-21(23)13-16-29-24/h4-5,7-13,16H,6,14-15H2,1-3H3,(H,25,26). The fourth-order valence-corrected chi connectivity index (χ4v) is 3.33. The van der Waals surface area contributed by atoms with Crippen molar-refractivity contribution >= 4 is 39.1 Å². The Hall–Kier alpha value is -3.38. The number of hydrogen-bond donors (Lipinski definition) is 1. The largest absolute Gasteiger partial charge is 0.446 e. The van der Waals surface area contributed by atoms with Crippen molar-refractivity contribution in [3.8, 4) is 0 Å². The van der Waals surface area contributed by atoms with E-state index < -0.39 is 0 Å². The lowest BCUT2D eigenvalue weighted by atomic mass is 10.1. The van der Waals surface area contributed by atoms with Crippen LogP contribution in [-0.2, 0) is 4.84 Å². The Morgan fingerprint density at radius 2 is 1.87 bits per heavy atom. The zero-order chi connectivity index (χ0) is 20.9. The zero-order valence-electron chi connectivity index (χ0n) is 17.6. The van der Waals surface area contributed by atoms with E-state index in [9.17, 15) is 0 Å². The average Bonchev–Trinajstić information content (AvgIpc) is 3.22. The van der Waals surface area contributed by atoms with Crippen molar-refractivity contribution in [2.75, 3.05) is 32.6 Å². The number of fused-ring (bicyclic) bond motifs is 2. The van der Waals surface area contributed by atoms with E-state index in [1.807, 2.05) is 55.5 Å². The second-order valence-electron chi connectivity index (χ2n) is 7.51. The molecule has 0 aliphatic rings. The number of pyridine rings is 1. The summed E-state index contributed by atoms with van der Waals surface area (Å²) in [7, 11) is 4.10. The second kappa shape index (κ2) is 8.97. The van der Waals surface area contributed by atoms with Crippen LogP contribution in [0.5, 0.6) is 0 Å². The number of nitrogens with zero attached hydrogens (tertiary/aromatic N) is 3. The third kappa shape index (κ3) is 4.44. The van der Waals surface area contributed by atoms with Gasteiger partial charge in [-0.25, -0.2) is 4.98 Å². The van der Waals surface area contributed by atoms with Gasteiger partial charge in [0, 0.05) is 17.6 Å². The zero-order valence-corrected chi connectivity index (χ0v) is 17.6. The number of rotatable bonds is 8. The highest BCUT2D eigenvalue weighted by atomic mass is 16.6. The van der Waals surface area contributed by atoms with Gasteiger partial charge in [-0.15, -0.1) is 0 Å². The van der Waals surface area contributed by atoms with E-state index in [0.29, 0.717) is 12.3 Å². The number of furan rings is 1. The summed E-state index contributed by atoms with van der Waals surface area (Å²) in [6, 6.07) is 18.2. The number of anilines is 2. The molecule has 0 aliphatic heterocycles. The molecule has 0 unspecified atom stereocenters. The number of aromatic nitrogens is 1. The molecule has 2 heterocycles. The number of hydrogen-bond acceptors (Lipinski definition) is 6. The summed E-state index contributed by atoms with van der Waals surface area (Å²) in [5.74, 6) is 0. The lowest BCUT2D eigenvalue weighted by Crippen LogP contribution is -2.14. The molecular formula is C24H26N4O2. The third-order valence-corrected chi connectivity index (χ3v) is 4.92. The predicted molar refractivity (Wildman–Crippen MR) is 123 cm³/mol. The maximum atomic E-state index is 5.54. The van der Waals surface area contributed by atoms with E-state index >= 15 is 0 Å². The number of nitrogens with one attached hydrogen (secondary N) is 1. The van der Waals surface area contributed by atoms with Gasteiger partial charge in [-0.1, -0.05) is 35.5 Å². The lowest BCUT2D eigenvalue weighted by Gasteiger charge is -2.11. The van der Waals surface area contributed by atoms with Gasteiger partial charge >= 0.3 is 0 Å². The topological polar surface area (TPSA) is 62.9 Å². The van der Waals surface area contributed by atoms with E-state index in [4.69, 9.17) is 9.25 Å². The van der Waals surface area contributed by atoms with Crippen LogP contribution in [0.25, 0.3) is 22.0 Å². The molecule has 6 heteroatoms. The van der Waals surface area contributed by atoms with Gasteiger partial charge in [0.15, 0.2) is 0 Å². The molecule has 0 fully saturated rings. The SMILES string of the molecule is CC(=NOCCCN(C)C)c1ccc(Nc2c3ccccc3nc3occc23)cc1. The quantitative estimate of drug-likeness (QED) is 0.242. The summed E-state index contributed by atoms with van der Waals surface area (Å²) in [4.78, 5) is 12.2. The molecule has 4 rings (SSSR count). The first kappa shape index (κ1) is 19.9. The van der Waals surface area contributed by atoms with Crippen LogP contribution >= 0.6 is 0 Å². The summed E-state index contributed by atoms with van der Waals surface area (Å²) in [6.45, 7) is 3.56. The molecule has 2 aromatic carbocycles. The average molecular weight is 402 g/mol. The monoisotopic (exact) mass is 402 g/mol. The Morgan fingerprint density at radius 1 is 1.07 bits per heavy atom. The molecule has 0 aliphatic carbocycles. The number of benzene rings is 2. The fourth-order valence-electron chi connectivity index (χ4n) is 3.33. The highest BCUT2D eigenvalue weighted by Crippen LogP contribution is 2.33. The maximum absolute atomic E-state index is 5.54. The van der Waals surface area contributed by atoms with E-state index in [-0.39, 0.29) is 0 Å². The molecule has 0 atom stereocenters. The Bertz CT molecular complexity index is 1160. The minimum absolute atomic E-state index is 0.616. The molecule has 4 aromatic rings. The third-order valence-electron chi connectivity index (χ3n) is 4.92. The van der Waals surface area contributed by atoms with E-state index in [1.54, 1.807) is 6.26 Å². The van der Waals surface area contributed by atoms with Crippen molar-refractivity contribution < 1.29 is 9.25 Å². The van der Waals surface area contributed by atoms with Crippen LogP contribution in [0, 0.1) is 0 Å². The van der Waals surface area contributed by atoms with Crippen LogP contribution in [0.3, 0.4) is 0 Å². The Labute approximate surface area is 176 Å². The van der Waals surface area contributed by atoms with Crippen LogP contribution in [-0.4, -0.2) is 42.8 Å². The number of para-hydroxylation sites is 1. The summed E-state index contributed by atoms with van der Waals surface area (Å²) in [5, 5.41) is 9.79. The first-order valence-corrected chi connectivity index (χ1v) is 10.1. The van der Waals surface area contributed by atoms with Gasteiger partial charge in [0.05, 0.1) is 28.6 Å². The van der Waals surface area contributed by atoms with Crippen molar-refractivity contribution in [3.05, 3.63) is 66.4 Å². The minimum atomic E-state index is 0.616. The van der Waals surface area contributed by atoms with Gasteiger partial charge < -0.3 is 19.5 Å². The first-order chi connectivity index (χ1) is 14.6. The molecule has 0 bridgehead atoms. The Kier molecular flexibility index (Phi) is 5.95. The molecule has 6 nitrogen and oxygen atoms in total. The fraction of sp³-hybridized carbons (Fsp3) is 0.250. The molecule has 0 saturated heterocycles. The molecule has 0 saturated carbocycles. The summed E-state index contributed by atoms with van der Waals surface area (Å²) < 4.78 is 5.54. The van der Waals surface area contributed by atoms with Gasteiger partial charge in [-0.3, -0.25) is 0 Å². The van der Waals surface area contributed by atoms with Crippen LogP contribution < -0.4 is 5.32 Å². The summed E-state index contributed by atoms with van der Waals surface area (Å²) >= 11 is 0. The van der Waals surface area contributed by atoms with Gasteiger partial charge in [-0.2, -0.15) is 0 Å². The molecule has 0 spiro atoms. The molecule has 2 aromatic heterocycles.